The third-order valence-electron chi connectivity index (χ3n) is 1.89. The molecule has 4 heteroatoms. The Morgan fingerprint density at radius 1 is 1.46 bits per heavy atom. The van der Waals surface area contributed by atoms with Crippen molar-refractivity contribution in [1.82, 2.24) is 4.98 Å². The summed E-state index contributed by atoms with van der Waals surface area (Å²) in [6.45, 7) is 0. The van der Waals surface area contributed by atoms with Crippen LogP contribution in [0.3, 0.4) is 0 Å². The lowest BCUT2D eigenvalue weighted by Crippen LogP contribution is -1.99. The van der Waals surface area contributed by atoms with Crippen LogP contribution in [0.4, 0.5) is 0 Å². The highest BCUT2D eigenvalue weighted by Gasteiger charge is 2.29. The number of hydrogen-bond donors (Lipinski definition) is 1. The van der Waals surface area contributed by atoms with Gasteiger partial charge in [0.1, 0.15) is 11.3 Å². The first-order valence-corrected chi connectivity index (χ1v) is 3.64. The predicted molar refractivity (Wildman–Crippen MR) is 44.2 cm³/mol. The molecule has 64 valence electrons. The number of ketones is 1. The van der Waals surface area contributed by atoms with Gasteiger partial charge in [0.05, 0.1) is 5.56 Å². The summed E-state index contributed by atoms with van der Waals surface area (Å²) in [5.41, 5.74) is 0.255. The summed E-state index contributed by atoms with van der Waals surface area (Å²) in [7, 11) is 0. The van der Waals surface area contributed by atoms with Crippen molar-refractivity contribution in [2.24, 2.45) is 0 Å². The maximum atomic E-state index is 11.3. The van der Waals surface area contributed by atoms with Gasteiger partial charge in [0.2, 0.25) is 5.78 Å². The van der Waals surface area contributed by atoms with Crippen molar-refractivity contribution >= 4 is 17.8 Å². The van der Waals surface area contributed by atoms with Crippen molar-refractivity contribution in [3.63, 3.8) is 0 Å². The van der Waals surface area contributed by atoms with Crippen LogP contribution in [-0.2, 0) is 4.79 Å². The Morgan fingerprint density at radius 3 is 2.85 bits per heavy atom. The van der Waals surface area contributed by atoms with Gasteiger partial charge in [0.25, 0.3) is 0 Å². The molecule has 0 spiro atoms. The summed E-state index contributed by atoms with van der Waals surface area (Å²) in [5.74, 6) is -0.786. The molecule has 1 aromatic heterocycles. The molecule has 1 aliphatic carbocycles. The van der Waals surface area contributed by atoms with Gasteiger partial charge in [-0.1, -0.05) is 0 Å². The molecular formula is C9H5NO3. The second-order valence-electron chi connectivity index (χ2n) is 2.61. The molecule has 0 amide bonds. The fourth-order valence-electron chi connectivity index (χ4n) is 1.27. The number of nitrogens with zero attached hydrogens (tertiary/aromatic N) is 1. The Bertz CT molecular complexity index is 434. The Hall–Kier alpha value is -1.97. The molecule has 4 nitrogen and oxygen atoms in total. The lowest BCUT2D eigenvalue weighted by atomic mass is 10.1. The number of rotatable bonds is 1. The average molecular weight is 175 g/mol. The summed E-state index contributed by atoms with van der Waals surface area (Å²) in [6.07, 6.45) is 1.80. The predicted octanol–water partition coefficient (Wildman–Crippen LogP) is 0.746. The van der Waals surface area contributed by atoms with Gasteiger partial charge in [-0.3, -0.25) is 14.6 Å². The van der Waals surface area contributed by atoms with Crippen LogP contribution in [0.25, 0.3) is 5.76 Å². The molecule has 1 aromatic rings. The lowest BCUT2D eigenvalue weighted by Gasteiger charge is -1.93. The maximum absolute atomic E-state index is 11.3. The first-order chi connectivity index (χ1) is 6.25. The molecule has 0 unspecified atom stereocenters. The molecule has 13 heavy (non-hydrogen) atoms. The van der Waals surface area contributed by atoms with Crippen LogP contribution in [0, 0.1) is 0 Å². The van der Waals surface area contributed by atoms with Crippen LogP contribution in [0.15, 0.2) is 23.9 Å². The Balaban J connectivity index is 2.71. The van der Waals surface area contributed by atoms with Crippen molar-refractivity contribution in [3.8, 4) is 0 Å². The molecule has 1 N–H and O–H groups in total. The first kappa shape index (κ1) is 7.67. The monoisotopic (exact) mass is 175 g/mol. The smallest absolute Gasteiger partial charge is 0.202 e. The van der Waals surface area contributed by atoms with Gasteiger partial charge in [-0.2, -0.15) is 0 Å². The lowest BCUT2D eigenvalue weighted by molar-refractivity contribution is -0.104. The van der Waals surface area contributed by atoms with E-state index in [1.807, 2.05) is 0 Å². The van der Waals surface area contributed by atoms with Gasteiger partial charge in [0.15, 0.2) is 12.0 Å². The van der Waals surface area contributed by atoms with Crippen molar-refractivity contribution < 1.29 is 14.7 Å². The van der Waals surface area contributed by atoms with E-state index >= 15 is 0 Å². The molecule has 1 aliphatic rings. The van der Waals surface area contributed by atoms with Crippen molar-refractivity contribution in [3.05, 3.63) is 35.2 Å². The second-order valence-corrected chi connectivity index (χ2v) is 2.61. The van der Waals surface area contributed by atoms with Crippen molar-refractivity contribution in [2.75, 3.05) is 0 Å². The zero-order chi connectivity index (χ0) is 9.42. The molecule has 0 aromatic carbocycles. The standard InChI is InChI=1S/C9H5NO3/c11-4-6-8(12)5-2-1-3-10-7(5)9(6)13/h1-4,13H. The van der Waals surface area contributed by atoms with Crippen LogP contribution >= 0.6 is 0 Å². The number of carbonyl (C=O) groups is 2. The largest absolute Gasteiger partial charge is 0.505 e. The van der Waals surface area contributed by atoms with Gasteiger partial charge in [-0.25, -0.2) is 0 Å². The number of aliphatic hydroxyl groups is 1. The Kier molecular flexibility index (Phi) is 1.48. The molecule has 0 atom stereocenters. The number of aromatic nitrogens is 1. The van der Waals surface area contributed by atoms with E-state index in [1.54, 1.807) is 6.07 Å². The van der Waals surface area contributed by atoms with Gasteiger partial charge in [0, 0.05) is 6.20 Å². The molecule has 0 bridgehead atoms. The van der Waals surface area contributed by atoms with E-state index in [4.69, 9.17) is 0 Å². The van der Waals surface area contributed by atoms with Crippen LogP contribution in [0.2, 0.25) is 0 Å². The highest BCUT2D eigenvalue weighted by molar-refractivity contribution is 6.28. The third-order valence-corrected chi connectivity index (χ3v) is 1.89. The number of Topliss-reactive ketones (excluding diaryl/α,β-unsaturated/α-hetero) is 1. The summed E-state index contributed by atoms with van der Waals surface area (Å²) in [6, 6.07) is 3.11. The summed E-state index contributed by atoms with van der Waals surface area (Å²) in [5, 5.41) is 9.38. The van der Waals surface area contributed by atoms with E-state index in [0.29, 0.717) is 6.29 Å². The highest BCUT2D eigenvalue weighted by atomic mass is 16.3. The number of hydrogen-bond acceptors (Lipinski definition) is 4. The third kappa shape index (κ3) is 0.885. The molecule has 0 saturated carbocycles. The number of allylic oxidation sites excluding steroid dienone is 1. The van der Waals surface area contributed by atoms with E-state index in [-0.39, 0.29) is 22.6 Å². The maximum Gasteiger partial charge on any atom is 0.202 e. The van der Waals surface area contributed by atoms with Gasteiger partial charge in [-0.05, 0) is 12.1 Å². The summed E-state index contributed by atoms with van der Waals surface area (Å²) in [4.78, 5) is 25.6. The topological polar surface area (TPSA) is 67.3 Å². The normalized spacial score (nSPS) is 14.6. The van der Waals surface area contributed by atoms with Gasteiger partial charge < -0.3 is 5.11 Å². The average Bonchev–Trinajstić information content (AvgIpc) is 2.41. The summed E-state index contributed by atoms with van der Waals surface area (Å²) >= 11 is 0. The van der Waals surface area contributed by atoms with Gasteiger partial charge in [-0.15, -0.1) is 0 Å². The van der Waals surface area contributed by atoms with Crippen molar-refractivity contribution in [2.45, 2.75) is 0 Å². The molecule has 1 heterocycles. The molecule has 2 rings (SSSR count). The molecule has 0 saturated heterocycles. The minimum Gasteiger partial charge on any atom is -0.505 e. The van der Waals surface area contributed by atoms with E-state index in [0.717, 1.165) is 0 Å². The van der Waals surface area contributed by atoms with Gasteiger partial charge >= 0.3 is 0 Å². The zero-order valence-corrected chi connectivity index (χ0v) is 6.52. The second kappa shape index (κ2) is 2.52. The molecule has 0 aliphatic heterocycles. The zero-order valence-electron chi connectivity index (χ0n) is 6.52. The fourth-order valence-corrected chi connectivity index (χ4v) is 1.27. The van der Waals surface area contributed by atoms with Crippen LogP contribution in [-0.4, -0.2) is 22.2 Å². The van der Waals surface area contributed by atoms with E-state index in [1.165, 1.54) is 12.3 Å². The Morgan fingerprint density at radius 2 is 2.23 bits per heavy atom. The van der Waals surface area contributed by atoms with E-state index in [2.05, 4.69) is 4.98 Å². The number of pyridine rings is 1. The van der Waals surface area contributed by atoms with E-state index in [9.17, 15) is 14.7 Å². The fraction of sp³-hybridized carbons (Fsp3) is 0. The molecular weight excluding hydrogens is 170 g/mol. The number of aldehydes is 1. The number of fused-ring (bicyclic) bond motifs is 1. The quantitative estimate of drug-likeness (QED) is 0.505. The summed E-state index contributed by atoms with van der Waals surface area (Å²) < 4.78 is 0. The SMILES string of the molecule is O=CC1=C(O)c2ncccc2C1=O. The molecule has 0 fully saturated rings. The van der Waals surface area contributed by atoms with Crippen LogP contribution in [0.5, 0.6) is 0 Å². The molecule has 0 radical (unpaired) electrons. The van der Waals surface area contributed by atoms with Crippen LogP contribution < -0.4 is 0 Å². The Labute approximate surface area is 73.5 Å². The highest BCUT2D eigenvalue weighted by Crippen LogP contribution is 2.27. The minimum atomic E-state index is -0.462. The minimum absolute atomic E-state index is 0.189. The van der Waals surface area contributed by atoms with E-state index < -0.39 is 5.78 Å². The number of aliphatic hydroxyl groups excluding tert-OH is 1. The first-order valence-electron chi connectivity index (χ1n) is 3.64. The number of carbonyl (C=O) groups excluding carboxylic acids is 2. The van der Waals surface area contributed by atoms with Crippen molar-refractivity contribution in [1.29, 1.82) is 0 Å². The van der Waals surface area contributed by atoms with Crippen LogP contribution in [0.1, 0.15) is 16.1 Å².